The monoisotopic (exact) mass is 274 g/mol. The predicted molar refractivity (Wildman–Crippen MR) is 82.5 cm³/mol. The zero-order valence-corrected chi connectivity index (χ0v) is 13.0. The summed E-state index contributed by atoms with van der Waals surface area (Å²) in [6.07, 6.45) is 2.10. The summed E-state index contributed by atoms with van der Waals surface area (Å²) in [5.74, 6) is 1.03. The highest BCUT2D eigenvalue weighted by Gasteiger charge is 2.39. The molecule has 0 aliphatic heterocycles. The average molecular weight is 274 g/mol. The number of rotatable bonds is 6. The number of aryl methyl sites for hydroxylation is 1. The largest absolute Gasteiger partial charge is 0.354 e. The molecule has 1 N–H and O–H groups in total. The van der Waals surface area contributed by atoms with Crippen molar-refractivity contribution in [2.24, 2.45) is 11.8 Å². The van der Waals surface area contributed by atoms with Crippen molar-refractivity contribution in [1.82, 2.24) is 10.2 Å². The van der Waals surface area contributed by atoms with Crippen LogP contribution >= 0.6 is 0 Å². The molecule has 110 valence electrons. The number of hydrogen-bond donors (Lipinski definition) is 1. The van der Waals surface area contributed by atoms with Crippen LogP contribution in [-0.2, 0) is 11.2 Å². The van der Waals surface area contributed by atoms with Gasteiger partial charge in [-0.25, -0.2) is 0 Å². The first kappa shape index (κ1) is 15.0. The number of hydrogen-bond acceptors (Lipinski definition) is 2. The molecular formula is C17H26N2O. The van der Waals surface area contributed by atoms with Gasteiger partial charge in [-0.3, -0.25) is 4.79 Å². The lowest BCUT2D eigenvalue weighted by Gasteiger charge is -2.25. The summed E-state index contributed by atoms with van der Waals surface area (Å²) in [6.45, 7) is 4.98. The Balaban J connectivity index is 1.97. The van der Waals surface area contributed by atoms with Crippen molar-refractivity contribution in [3.05, 3.63) is 35.4 Å². The molecule has 1 aliphatic carbocycles. The van der Waals surface area contributed by atoms with E-state index >= 15 is 0 Å². The SMILES string of the molecule is CCc1ccc(C(CNC(=O)C2CC2C)N(C)C)cc1. The molecule has 1 aromatic rings. The van der Waals surface area contributed by atoms with Crippen LogP contribution in [-0.4, -0.2) is 31.4 Å². The third-order valence-corrected chi connectivity index (χ3v) is 4.31. The summed E-state index contributed by atoms with van der Waals surface area (Å²) in [7, 11) is 4.12. The number of benzene rings is 1. The van der Waals surface area contributed by atoms with E-state index in [4.69, 9.17) is 0 Å². The number of likely N-dealkylation sites (N-methyl/N-ethyl adjacent to an activating group) is 1. The molecule has 0 spiro atoms. The summed E-state index contributed by atoms with van der Waals surface area (Å²) in [5, 5.41) is 3.10. The molecule has 3 nitrogen and oxygen atoms in total. The lowest BCUT2D eigenvalue weighted by atomic mass is 10.0. The predicted octanol–water partition coefficient (Wildman–Crippen LogP) is 2.62. The van der Waals surface area contributed by atoms with Crippen LogP contribution in [0.1, 0.15) is 37.4 Å². The molecule has 1 aromatic carbocycles. The first-order chi connectivity index (χ1) is 9.52. The Bertz CT molecular complexity index is 453. The number of nitrogens with zero attached hydrogens (tertiary/aromatic N) is 1. The second-order valence-corrected chi connectivity index (χ2v) is 6.14. The van der Waals surface area contributed by atoms with Crippen LogP contribution in [0, 0.1) is 11.8 Å². The van der Waals surface area contributed by atoms with E-state index in [1.165, 1.54) is 11.1 Å². The number of nitrogens with one attached hydrogen (secondary N) is 1. The third-order valence-electron chi connectivity index (χ3n) is 4.31. The van der Waals surface area contributed by atoms with Crippen LogP contribution in [0.25, 0.3) is 0 Å². The second-order valence-electron chi connectivity index (χ2n) is 6.14. The fourth-order valence-corrected chi connectivity index (χ4v) is 2.59. The van der Waals surface area contributed by atoms with Gasteiger partial charge in [0.05, 0.1) is 6.04 Å². The second kappa shape index (κ2) is 6.40. The van der Waals surface area contributed by atoms with Crippen molar-refractivity contribution in [1.29, 1.82) is 0 Å². The van der Waals surface area contributed by atoms with Crippen molar-refractivity contribution in [2.75, 3.05) is 20.6 Å². The Morgan fingerprint density at radius 3 is 2.40 bits per heavy atom. The van der Waals surface area contributed by atoms with Crippen molar-refractivity contribution >= 4 is 5.91 Å². The Hall–Kier alpha value is -1.35. The van der Waals surface area contributed by atoms with E-state index < -0.39 is 0 Å². The topological polar surface area (TPSA) is 32.3 Å². The first-order valence-corrected chi connectivity index (χ1v) is 7.56. The fraction of sp³-hybridized carbons (Fsp3) is 0.588. The lowest BCUT2D eigenvalue weighted by molar-refractivity contribution is -0.122. The molecule has 3 heteroatoms. The molecular weight excluding hydrogens is 248 g/mol. The molecule has 3 atom stereocenters. The van der Waals surface area contributed by atoms with Gasteiger partial charge in [0, 0.05) is 12.5 Å². The Kier molecular flexibility index (Phi) is 4.81. The van der Waals surface area contributed by atoms with E-state index in [1.54, 1.807) is 0 Å². The quantitative estimate of drug-likeness (QED) is 0.865. The molecule has 0 heterocycles. The van der Waals surface area contributed by atoms with Gasteiger partial charge in [0.15, 0.2) is 0 Å². The first-order valence-electron chi connectivity index (χ1n) is 7.56. The summed E-state index contributed by atoms with van der Waals surface area (Å²) >= 11 is 0. The van der Waals surface area contributed by atoms with E-state index in [9.17, 15) is 4.79 Å². The van der Waals surface area contributed by atoms with Gasteiger partial charge in [-0.2, -0.15) is 0 Å². The van der Waals surface area contributed by atoms with Crippen molar-refractivity contribution in [3.63, 3.8) is 0 Å². The highest BCUT2D eigenvalue weighted by Crippen LogP contribution is 2.37. The Morgan fingerprint density at radius 1 is 1.35 bits per heavy atom. The smallest absolute Gasteiger partial charge is 0.223 e. The van der Waals surface area contributed by atoms with Gasteiger partial charge in [0.2, 0.25) is 5.91 Å². The zero-order chi connectivity index (χ0) is 14.7. The van der Waals surface area contributed by atoms with E-state index in [1.807, 2.05) is 0 Å². The van der Waals surface area contributed by atoms with Gasteiger partial charge in [0.25, 0.3) is 0 Å². The number of amides is 1. The molecule has 0 bridgehead atoms. The molecule has 0 saturated heterocycles. The summed E-state index contributed by atoms with van der Waals surface area (Å²) in [5.41, 5.74) is 2.61. The number of carbonyl (C=O) groups is 1. The zero-order valence-electron chi connectivity index (χ0n) is 13.0. The summed E-state index contributed by atoms with van der Waals surface area (Å²) < 4.78 is 0. The van der Waals surface area contributed by atoms with Crippen molar-refractivity contribution < 1.29 is 4.79 Å². The minimum absolute atomic E-state index is 0.217. The molecule has 1 aliphatic rings. The van der Waals surface area contributed by atoms with Gasteiger partial charge in [-0.1, -0.05) is 38.1 Å². The maximum Gasteiger partial charge on any atom is 0.223 e. The average Bonchev–Trinajstić information content (AvgIpc) is 3.16. The van der Waals surface area contributed by atoms with Gasteiger partial charge in [-0.05, 0) is 44.0 Å². The van der Waals surface area contributed by atoms with Crippen LogP contribution < -0.4 is 5.32 Å². The van der Waals surface area contributed by atoms with Crippen LogP contribution in [0.3, 0.4) is 0 Å². The molecule has 1 fully saturated rings. The summed E-state index contributed by atoms with van der Waals surface area (Å²) in [6, 6.07) is 8.94. The highest BCUT2D eigenvalue weighted by atomic mass is 16.2. The van der Waals surface area contributed by atoms with Crippen LogP contribution in [0.5, 0.6) is 0 Å². The standard InChI is InChI=1S/C17H26N2O/c1-5-13-6-8-14(9-7-13)16(19(3)4)11-18-17(20)15-10-12(15)2/h6-9,12,15-16H,5,10-11H2,1-4H3,(H,18,20). The lowest BCUT2D eigenvalue weighted by Crippen LogP contribution is -2.35. The maximum absolute atomic E-state index is 11.9. The van der Waals surface area contributed by atoms with Gasteiger partial charge in [0.1, 0.15) is 0 Å². The van der Waals surface area contributed by atoms with Gasteiger partial charge < -0.3 is 10.2 Å². The third kappa shape index (κ3) is 3.60. The highest BCUT2D eigenvalue weighted by molar-refractivity contribution is 5.81. The molecule has 1 amide bonds. The fourth-order valence-electron chi connectivity index (χ4n) is 2.59. The van der Waals surface area contributed by atoms with Crippen molar-refractivity contribution in [3.8, 4) is 0 Å². The molecule has 0 aromatic heterocycles. The number of carbonyl (C=O) groups excluding carboxylic acids is 1. The molecule has 2 rings (SSSR count). The van der Waals surface area contributed by atoms with E-state index in [0.29, 0.717) is 12.5 Å². The summed E-state index contributed by atoms with van der Waals surface area (Å²) in [4.78, 5) is 14.1. The molecule has 20 heavy (non-hydrogen) atoms. The van der Waals surface area contributed by atoms with Crippen LogP contribution in [0.15, 0.2) is 24.3 Å². The minimum Gasteiger partial charge on any atom is -0.354 e. The van der Waals surface area contributed by atoms with Gasteiger partial charge in [-0.15, -0.1) is 0 Å². The maximum atomic E-state index is 11.9. The van der Waals surface area contributed by atoms with E-state index in [0.717, 1.165) is 12.8 Å². The van der Waals surface area contributed by atoms with E-state index in [2.05, 4.69) is 62.4 Å². The Labute approximate surface area is 122 Å². The normalized spacial score (nSPS) is 22.6. The van der Waals surface area contributed by atoms with Crippen LogP contribution in [0.2, 0.25) is 0 Å². The molecule has 3 unspecified atom stereocenters. The van der Waals surface area contributed by atoms with Crippen molar-refractivity contribution in [2.45, 2.75) is 32.7 Å². The van der Waals surface area contributed by atoms with Gasteiger partial charge >= 0.3 is 0 Å². The molecule has 0 radical (unpaired) electrons. The van der Waals surface area contributed by atoms with Crippen LogP contribution in [0.4, 0.5) is 0 Å². The Morgan fingerprint density at radius 2 is 1.95 bits per heavy atom. The van der Waals surface area contributed by atoms with E-state index in [-0.39, 0.29) is 17.9 Å². The minimum atomic E-state index is 0.217. The molecule has 1 saturated carbocycles.